The molecule has 14 nitrogen and oxygen atoms in total. The molecule has 300 valence electrons. The first-order chi connectivity index (χ1) is 25.6. The Kier molecular flexibility index (Phi) is 13.5. The summed E-state index contributed by atoms with van der Waals surface area (Å²) < 4.78 is 68.2. The topological polar surface area (TPSA) is 210 Å². The van der Waals surface area contributed by atoms with E-state index in [0.717, 1.165) is 29.9 Å². The number of rotatable bonds is 18. The fourth-order valence-electron chi connectivity index (χ4n) is 7.42. The molecule has 0 aromatic heterocycles. The van der Waals surface area contributed by atoms with Crippen molar-refractivity contribution in [2.75, 3.05) is 36.8 Å². The summed E-state index contributed by atoms with van der Waals surface area (Å²) in [7, 11) is -8.79. The van der Waals surface area contributed by atoms with E-state index in [0.29, 0.717) is 55.7 Å². The first-order valence-corrected chi connectivity index (χ1v) is 21.5. The summed E-state index contributed by atoms with van der Waals surface area (Å²) in [5, 5.41) is 14.5. The molecule has 16 heteroatoms. The number of carboxylic acids is 1. The van der Waals surface area contributed by atoms with E-state index in [1.54, 1.807) is 19.1 Å². The van der Waals surface area contributed by atoms with E-state index in [-0.39, 0.29) is 34.9 Å². The third-order valence-electron chi connectivity index (χ3n) is 10.1. The van der Waals surface area contributed by atoms with Crippen LogP contribution >= 0.6 is 0 Å². The summed E-state index contributed by atoms with van der Waals surface area (Å²) in [5.74, 6) is -2.49. The highest BCUT2D eigenvalue weighted by Crippen LogP contribution is 2.50. The number of allylic oxidation sites excluding steroid dienone is 4. The highest BCUT2D eigenvalue weighted by molar-refractivity contribution is 7.86. The van der Waals surface area contributed by atoms with E-state index in [9.17, 15) is 40.3 Å². The van der Waals surface area contributed by atoms with Crippen LogP contribution in [0, 0.1) is 0 Å². The number of aliphatic carboxylic acids is 1. The molecule has 55 heavy (non-hydrogen) atoms. The van der Waals surface area contributed by atoms with Gasteiger partial charge in [0.2, 0.25) is 5.69 Å². The summed E-state index contributed by atoms with van der Waals surface area (Å²) in [6.45, 7) is 12.9. The minimum absolute atomic E-state index is 0.0647. The molecule has 2 aliphatic rings. The molecule has 2 aliphatic heterocycles. The van der Waals surface area contributed by atoms with Gasteiger partial charge in [-0.15, -0.1) is 0 Å². The van der Waals surface area contributed by atoms with Crippen LogP contribution in [0.5, 0.6) is 0 Å². The molecule has 0 bridgehead atoms. The molecule has 5 N–H and O–H groups in total. The zero-order valence-corrected chi connectivity index (χ0v) is 33.9. The van der Waals surface area contributed by atoms with Crippen molar-refractivity contribution in [3.8, 4) is 0 Å². The van der Waals surface area contributed by atoms with E-state index < -0.39 is 48.7 Å². The molecule has 0 saturated heterocycles. The number of nitrogens with one attached hydrogen (secondary N) is 2. The Morgan fingerprint density at radius 2 is 1.60 bits per heavy atom. The minimum atomic E-state index is -4.46. The fraction of sp³-hybridized carbons (Fsp3) is 0.487. The summed E-state index contributed by atoms with van der Waals surface area (Å²) in [4.78, 5) is 39.9. The van der Waals surface area contributed by atoms with Gasteiger partial charge in [-0.1, -0.05) is 33.3 Å². The molecule has 2 heterocycles. The number of hydrogen-bond acceptors (Lipinski definition) is 8. The minimum Gasteiger partial charge on any atom is -0.481 e. The molecule has 0 saturated carbocycles. The number of hydrogen-bond donors (Lipinski definition) is 5. The molecular weight excluding hydrogens is 749 g/mol. The molecule has 4 rings (SSSR count). The quantitative estimate of drug-likeness (QED) is 0.0736. The number of carbonyl (C=O) groups is 3. The summed E-state index contributed by atoms with van der Waals surface area (Å²) >= 11 is 0. The molecule has 0 radical (unpaired) electrons. The monoisotopic (exact) mass is 801 g/mol. The Bertz CT molecular complexity index is 2150. The average molecular weight is 802 g/mol. The van der Waals surface area contributed by atoms with Gasteiger partial charge in [-0.25, -0.2) is 0 Å². The molecular formula is C39H53N4O10S2+. The number of nitrogens with zero attached hydrogens (tertiary/aromatic N) is 2. The maximum absolute atomic E-state index is 13.7. The molecule has 2 aromatic rings. The normalized spacial score (nSPS) is 16.8. The van der Waals surface area contributed by atoms with Gasteiger partial charge in [0, 0.05) is 83.7 Å². The van der Waals surface area contributed by atoms with Crippen LogP contribution < -0.4 is 15.5 Å². The smallest absolute Gasteiger partial charge is 0.303 e. The summed E-state index contributed by atoms with van der Waals surface area (Å²) in [6, 6.07) is 7.80. The highest BCUT2D eigenvalue weighted by atomic mass is 32.2. The number of fused-ring (bicyclic) bond motifs is 2. The third-order valence-corrected chi connectivity index (χ3v) is 11.7. The van der Waals surface area contributed by atoms with Gasteiger partial charge in [0.25, 0.3) is 32.1 Å². The fourth-order valence-corrected chi connectivity index (χ4v) is 8.28. The van der Waals surface area contributed by atoms with E-state index >= 15 is 0 Å². The van der Waals surface area contributed by atoms with Crippen molar-refractivity contribution in [1.82, 2.24) is 10.6 Å². The number of carbonyl (C=O) groups excluding carboxylic acids is 2. The van der Waals surface area contributed by atoms with Crippen molar-refractivity contribution in [3.63, 3.8) is 0 Å². The highest BCUT2D eigenvalue weighted by Gasteiger charge is 2.46. The maximum Gasteiger partial charge on any atom is 0.303 e. The van der Waals surface area contributed by atoms with Crippen LogP contribution in [0.1, 0.15) is 112 Å². The molecule has 0 fully saturated rings. The van der Waals surface area contributed by atoms with Crippen LogP contribution in [0.4, 0.5) is 11.4 Å². The van der Waals surface area contributed by atoms with Gasteiger partial charge in [-0.05, 0) is 70.4 Å². The van der Waals surface area contributed by atoms with Gasteiger partial charge < -0.3 is 20.6 Å². The van der Waals surface area contributed by atoms with Gasteiger partial charge in [0.15, 0.2) is 5.71 Å². The van der Waals surface area contributed by atoms with Crippen molar-refractivity contribution in [2.45, 2.75) is 95.8 Å². The van der Waals surface area contributed by atoms with Crippen LogP contribution in [0.25, 0.3) is 0 Å². The van der Waals surface area contributed by atoms with E-state index in [1.165, 1.54) is 18.2 Å². The van der Waals surface area contributed by atoms with Crippen molar-refractivity contribution < 1.29 is 50.0 Å². The predicted molar refractivity (Wildman–Crippen MR) is 211 cm³/mol. The molecule has 0 aliphatic carbocycles. The second-order valence-electron chi connectivity index (χ2n) is 14.9. The van der Waals surface area contributed by atoms with Crippen molar-refractivity contribution >= 4 is 55.1 Å². The van der Waals surface area contributed by atoms with E-state index in [1.807, 2.05) is 45.9 Å². The van der Waals surface area contributed by atoms with Crippen molar-refractivity contribution in [1.29, 1.82) is 0 Å². The number of benzene rings is 2. The molecule has 0 spiro atoms. The summed E-state index contributed by atoms with van der Waals surface area (Å²) in [6.07, 6.45) is 9.42. The Hall–Kier alpha value is -4.38. The van der Waals surface area contributed by atoms with Crippen LogP contribution in [0.2, 0.25) is 0 Å². The maximum atomic E-state index is 13.7. The van der Waals surface area contributed by atoms with Gasteiger partial charge in [0.05, 0.1) is 16.1 Å². The zero-order valence-electron chi connectivity index (χ0n) is 32.3. The average Bonchev–Trinajstić information content (AvgIpc) is 3.43. The molecule has 2 amide bonds. The summed E-state index contributed by atoms with van der Waals surface area (Å²) in [5.41, 5.74) is 3.51. The Balaban J connectivity index is 1.84. The van der Waals surface area contributed by atoms with Gasteiger partial charge in [0.1, 0.15) is 6.54 Å². The van der Waals surface area contributed by atoms with Gasteiger partial charge in [-0.3, -0.25) is 23.5 Å². The second-order valence-corrected chi connectivity index (χ2v) is 17.9. The second kappa shape index (κ2) is 17.2. The van der Waals surface area contributed by atoms with Crippen molar-refractivity contribution in [3.05, 3.63) is 76.5 Å². The van der Waals surface area contributed by atoms with Crippen LogP contribution in [0.3, 0.4) is 0 Å². The van der Waals surface area contributed by atoms with E-state index in [2.05, 4.69) is 27.0 Å². The lowest BCUT2D eigenvalue weighted by Gasteiger charge is -2.27. The molecule has 2 aromatic carbocycles. The lowest BCUT2D eigenvalue weighted by molar-refractivity contribution is -0.438. The van der Waals surface area contributed by atoms with Crippen LogP contribution in [0.15, 0.2) is 59.2 Å². The Morgan fingerprint density at radius 1 is 0.891 bits per heavy atom. The predicted octanol–water partition coefficient (Wildman–Crippen LogP) is 5.36. The first kappa shape index (κ1) is 43.3. The van der Waals surface area contributed by atoms with Crippen LogP contribution in [-0.2, 0) is 35.9 Å². The third kappa shape index (κ3) is 9.90. The zero-order chi connectivity index (χ0) is 40.9. The van der Waals surface area contributed by atoms with Crippen LogP contribution in [-0.4, -0.2) is 91.1 Å². The molecule has 0 unspecified atom stereocenters. The first-order valence-electron chi connectivity index (χ1n) is 18.5. The lowest BCUT2D eigenvalue weighted by Crippen LogP contribution is -2.32. The van der Waals surface area contributed by atoms with Gasteiger partial charge in [-0.2, -0.15) is 21.4 Å². The number of unbranched alkanes of at least 4 members (excludes halogenated alkanes) is 3. The SMILES string of the molecule is CCCCN1C(=CC=CC2=[N+](CCCCCC(=O)O)c3ccc(S(=O)(=O)O)cc3C2(C)C)C(C)(C)c2c(C(=O)NCCS(=O)(=O)O)cc(C(=O)NCC)cc21. The van der Waals surface area contributed by atoms with E-state index in [4.69, 9.17) is 5.11 Å². The Morgan fingerprint density at radius 3 is 2.22 bits per heavy atom. The van der Waals surface area contributed by atoms with Gasteiger partial charge >= 0.3 is 5.97 Å². The lowest BCUT2D eigenvalue weighted by atomic mass is 9.80. The van der Waals surface area contributed by atoms with Crippen molar-refractivity contribution in [2.24, 2.45) is 0 Å². The number of carboxylic acid groups (broad SMARTS) is 1. The Labute approximate surface area is 323 Å². The standard InChI is InChI=1S/C39H52N4O10S2/c1-7-9-20-43-31-24-26(36(46)40-8-2)23-28(37(47)41-19-22-54(48,49)50)35(31)39(5,6)33(43)15-13-14-32-38(3,4)29-25-27(55(51,52)53)17-18-30(29)42(32)21-12-10-11-16-34(44)45/h13-15,17-18,23-25H,7-12,16,19-22H2,1-6H3,(H4-,40,41,44,45,46,47,48,49,50,51,52,53)/p+1. The molecule has 0 atom stereocenters. The number of anilines is 1. The largest absolute Gasteiger partial charge is 0.481 e. The number of amides is 2.